The second kappa shape index (κ2) is 6.06. The van der Waals surface area contributed by atoms with Crippen LogP contribution in [-0.4, -0.2) is 28.9 Å². The maximum Gasteiger partial charge on any atom is 0.143 e. The molecule has 1 aromatic carbocycles. The fourth-order valence-electron chi connectivity index (χ4n) is 2.88. The quantitative estimate of drug-likeness (QED) is 0.946. The van der Waals surface area contributed by atoms with Crippen molar-refractivity contribution in [3.63, 3.8) is 0 Å². The number of aromatic nitrogens is 2. The van der Waals surface area contributed by atoms with Gasteiger partial charge in [0.05, 0.1) is 17.6 Å². The first-order valence-corrected chi connectivity index (χ1v) is 7.36. The summed E-state index contributed by atoms with van der Waals surface area (Å²) >= 11 is 0. The summed E-state index contributed by atoms with van der Waals surface area (Å²) in [5.74, 6) is -0.479. The van der Waals surface area contributed by atoms with Gasteiger partial charge in [-0.25, -0.2) is 4.39 Å². The Labute approximate surface area is 129 Å². The molecule has 114 valence electrons. The molecule has 0 amide bonds. The van der Waals surface area contributed by atoms with Gasteiger partial charge in [-0.3, -0.25) is 4.68 Å². The minimum absolute atomic E-state index is 0.0843. The van der Waals surface area contributed by atoms with Crippen LogP contribution in [0.5, 0.6) is 0 Å². The first kappa shape index (κ1) is 14.4. The molecule has 0 spiro atoms. The Morgan fingerprint density at radius 1 is 1.45 bits per heavy atom. The molecule has 5 nitrogen and oxygen atoms in total. The molecule has 0 radical (unpaired) electrons. The van der Waals surface area contributed by atoms with Crippen molar-refractivity contribution in [2.45, 2.75) is 18.9 Å². The number of nitrogens with one attached hydrogen (secondary N) is 1. The lowest BCUT2D eigenvalue weighted by Crippen LogP contribution is -2.42. The molecule has 0 saturated carbocycles. The molecule has 1 aromatic heterocycles. The molecule has 1 aliphatic heterocycles. The van der Waals surface area contributed by atoms with Crippen molar-refractivity contribution in [1.29, 1.82) is 5.26 Å². The number of nitrogens with zero attached hydrogens (tertiary/aromatic N) is 4. The minimum Gasteiger partial charge on any atom is -0.379 e. The number of halogens is 1. The van der Waals surface area contributed by atoms with Crippen LogP contribution in [0.15, 0.2) is 30.6 Å². The molecule has 1 atom stereocenters. The summed E-state index contributed by atoms with van der Waals surface area (Å²) in [4.78, 5) is 2.26. The van der Waals surface area contributed by atoms with Gasteiger partial charge in [-0.2, -0.15) is 10.4 Å². The first-order chi connectivity index (χ1) is 10.7. The van der Waals surface area contributed by atoms with Crippen LogP contribution in [0.4, 0.5) is 15.8 Å². The Bertz CT molecular complexity index is 703. The van der Waals surface area contributed by atoms with E-state index < -0.39 is 5.82 Å². The van der Waals surface area contributed by atoms with E-state index >= 15 is 0 Å². The molecule has 1 fully saturated rings. The molecule has 1 saturated heterocycles. The zero-order chi connectivity index (χ0) is 15.5. The average molecular weight is 299 g/mol. The number of aryl methyl sites for hydroxylation is 1. The monoisotopic (exact) mass is 299 g/mol. The summed E-state index contributed by atoms with van der Waals surface area (Å²) in [5.41, 5.74) is 1.75. The third kappa shape index (κ3) is 2.89. The van der Waals surface area contributed by atoms with Gasteiger partial charge in [0.25, 0.3) is 0 Å². The highest BCUT2D eigenvalue weighted by atomic mass is 19.1. The first-order valence-electron chi connectivity index (χ1n) is 7.36. The van der Waals surface area contributed by atoms with Crippen LogP contribution < -0.4 is 10.2 Å². The van der Waals surface area contributed by atoms with Gasteiger partial charge in [-0.1, -0.05) is 6.07 Å². The summed E-state index contributed by atoms with van der Waals surface area (Å²) in [7, 11) is 1.90. The standard InChI is InChI=1S/C16H18FN5/c1-21-11-13(9-19-21)22-7-3-4-12(10-22)20-16-6-2-5-15(17)14(16)8-18/h2,5-6,9,11-12,20H,3-4,7,10H2,1H3/t12-/m1/s1. The number of rotatable bonds is 3. The van der Waals surface area contributed by atoms with Gasteiger partial charge >= 0.3 is 0 Å². The Kier molecular flexibility index (Phi) is 3.96. The maximum atomic E-state index is 13.7. The maximum absolute atomic E-state index is 13.7. The Morgan fingerprint density at radius 2 is 2.32 bits per heavy atom. The van der Waals surface area contributed by atoms with Gasteiger partial charge in [-0.15, -0.1) is 0 Å². The van der Waals surface area contributed by atoms with Crippen molar-refractivity contribution in [3.05, 3.63) is 42.0 Å². The molecule has 0 bridgehead atoms. The zero-order valence-corrected chi connectivity index (χ0v) is 12.5. The average Bonchev–Trinajstić information content (AvgIpc) is 2.94. The Balaban J connectivity index is 1.73. The SMILES string of the molecule is Cn1cc(N2CCC[C@@H](Nc3cccc(F)c3C#N)C2)cn1. The van der Waals surface area contributed by atoms with Crippen LogP contribution >= 0.6 is 0 Å². The summed E-state index contributed by atoms with van der Waals surface area (Å²) in [6.45, 7) is 1.80. The van der Waals surface area contributed by atoms with E-state index in [1.165, 1.54) is 6.07 Å². The van der Waals surface area contributed by atoms with Gasteiger partial charge in [0.1, 0.15) is 17.4 Å². The van der Waals surface area contributed by atoms with Crippen molar-refractivity contribution >= 4 is 11.4 Å². The molecule has 0 unspecified atom stereocenters. The lowest BCUT2D eigenvalue weighted by atomic mass is 10.0. The predicted molar refractivity (Wildman–Crippen MR) is 83.2 cm³/mol. The highest BCUT2D eigenvalue weighted by Gasteiger charge is 2.22. The minimum atomic E-state index is -0.479. The summed E-state index contributed by atoms with van der Waals surface area (Å²) in [6.07, 6.45) is 5.89. The fraction of sp³-hybridized carbons (Fsp3) is 0.375. The highest BCUT2D eigenvalue weighted by Crippen LogP contribution is 2.24. The van der Waals surface area contributed by atoms with Crippen molar-refractivity contribution in [2.75, 3.05) is 23.3 Å². The summed E-state index contributed by atoms with van der Waals surface area (Å²) in [6, 6.07) is 6.81. The van der Waals surface area contributed by atoms with Gasteiger partial charge in [0.2, 0.25) is 0 Å². The van der Waals surface area contributed by atoms with E-state index in [-0.39, 0.29) is 11.6 Å². The van der Waals surface area contributed by atoms with Crippen molar-refractivity contribution < 1.29 is 4.39 Å². The second-order valence-corrected chi connectivity index (χ2v) is 5.58. The van der Waals surface area contributed by atoms with Crippen LogP contribution in [0.1, 0.15) is 18.4 Å². The van der Waals surface area contributed by atoms with Gasteiger partial charge in [-0.05, 0) is 25.0 Å². The molecule has 1 aliphatic rings. The van der Waals surface area contributed by atoms with Crippen molar-refractivity contribution in [3.8, 4) is 6.07 Å². The Morgan fingerprint density at radius 3 is 3.05 bits per heavy atom. The van der Waals surface area contributed by atoms with Crippen molar-refractivity contribution in [2.24, 2.45) is 7.05 Å². The molecule has 6 heteroatoms. The van der Waals surface area contributed by atoms with Crippen molar-refractivity contribution in [1.82, 2.24) is 9.78 Å². The van der Waals surface area contributed by atoms with E-state index in [0.29, 0.717) is 5.69 Å². The number of benzene rings is 1. The molecule has 2 heterocycles. The van der Waals surface area contributed by atoms with E-state index in [0.717, 1.165) is 31.6 Å². The zero-order valence-electron chi connectivity index (χ0n) is 12.5. The van der Waals surface area contributed by atoms with Gasteiger partial charge in [0.15, 0.2) is 0 Å². The molecule has 3 rings (SSSR count). The lowest BCUT2D eigenvalue weighted by molar-refractivity contribution is 0.529. The molecular formula is C16H18FN5. The molecule has 1 N–H and O–H groups in total. The highest BCUT2D eigenvalue weighted by molar-refractivity contribution is 5.58. The third-order valence-corrected chi connectivity index (χ3v) is 3.96. The topological polar surface area (TPSA) is 56.9 Å². The summed E-state index contributed by atoms with van der Waals surface area (Å²) in [5, 5.41) is 16.6. The lowest BCUT2D eigenvalue weighted by Gasteiger charge is -2.34. The molecule has 0 aliphatic carbocycles. The Hall–Kier alpha value is -2.55. The smallest absolute Gasteiger partial charge is 0.143 e. The number of anilines is 2. The molecular weight excluding hydrogens is 281 g/mol. The molecule has 22 heavy (non-hydrogen) atoms. The van der Waals surface area contributed by atoms with Gasteiger partial charge < -0.3 is 10.2 Å². The van der Waals surface area contributed by atoms with Crippen LogP contribution in [0.3, 0.4) is 0 Å². The normalized spacial score (nSPS) is 18.0. The van der Waals surface area contributed by atoms with E-state index in [2.05, 4.69) is 15.3 Å². The second-order valence-electron chi connectivity index (χ2n) is 5.58. The third-order valence-electron chi connectivity index (χ3n) is 3.96. The number of nitriles is 1. The largest absolute Gasteiger partial charge is 0.379 e. The molecule has 2 aromatic rings. The predicted octanol–water partition coefficient (Wildman–Crippen LogP) is 2.51. The van der Waals surface area contributed by atoms with E-state index in [1.54, 1.807) is 16.8 Å². The van der Waals surface area contributed by atoms with E-state index in [9.17, 15) is 4.39 Å². The number of piperidine rings is 1. The van der Waals surface area contributed by atoms with Crippen LogP contribution in [-0.2, 0) is 7.05 Å². The van der Waals surface area contributed by atoms with Crippen LogP contribution in [0, 0.1) is 17.1 Å². The fourth-order valence-corrected chi connectivity index (χ4v) is 2.88. The summed E-state index contributed by atoms with van der Waals surface area (Å²) < 4.78 is 15.4. The number of hydrogen-bond acceptors (Lipinski definition) is 4. The number of hydrogen-bond donors (Lipinski definition) is 1. The van der Waals surface area contributed by atoms with Gasteiger partial charge in [0, 0.05) is 32.4 Å². The van der Waals surface area contributed by atoms with Crippen LogP contribution in [0.2, 0.25) is 0 Å². The van der Waals surface area contributed by atoms with E-state index in [4.69, 9.17) is 5.26 Å². The van der Waals surface area contributed by atoms with E-state index in [1.807, 2.05) is 25.5 Å². The van der Waals surface area contributed by atoms with Crippen LogP contribution in [0.25, 0.3) is 0 Å².